The van der Waals surface area contributed by atoms with E-state index in [1.54, 1.807) is 0 Å². The standard InChI is InChI=1S/C13H28N2.ClH/c1-4-13(5-2,6-3)11-15-9-7-8-12(14)10-15;/h12H,4-11,14H2,1-3H3;1H/t12-;/m1./s1. The Hall–Kier alpha value is 0.210. The van der Waals surface area contributed by atoms with Gasteiger partial charge in [0.05, 0.1) is 0 Å². The molecule has 0 aliphatic carbocycles. The normalized spacial score (nSPS) is 22.9. The van der Waals surface area contributed by atoms with Gasteiger partial charge in [-0.2, -0.15) is 0 Å². The first kappa shape index (κ1) is 16.2. The largest absolute Gasteiger partial charge is 0.327 e. The Morgan fingerprint density at radius 3 is 2.19 bits per heavy atom. The summed E-state index contributed by atoms with van der Waals surface area (Å²) in [4.78, 5) is 2.59. The number of nitrogens with zero attached hydrogens (tertiary/aromatic N) is 1. The van der Waals surface area contributed by atoms with Crippen LogP contribution in [0, 0.1) is 5.41 Å². The van der Waals surface area contributed by atoms with Gasteiger partial charge in [-0.1, -0.05) is 20.8 Å². The number of rotatable bonds is 5. The molecule has 98 valence electrons. The van der Waals surface area contributed by atoms with E-state index in [-0.39, 0.29) is 12.4 Å². The molecule has 1 atom stereocenters. The van der Waals surface area contributed by atoms with Gasteiger partial charge in [-0.25, -0.2) is 0 Å². The maximum absolute atomic E-state index is 6.03. The van der Waals surface area contributed by atoms with Gasteiger partial charge in [0, 0.05) is 19.1 Å². The van der Waals surface area contributed by atoms with E-state index in [0.29, 0.717) is 11.5 Å². The molecule has 0 spiro atoms. The molecule has 0 saturated carbocycles. The highest BCUT2D eigenvalue weighted by Gasteiger charge is 2.28. The van der Waals surface area contributed by atoms with E-state index in [4.69, 9.17) is 5.73 Å². The van der Waals surface area contributed by atoms with Crippen LogP contribution in [0.25, 0.3) is 0 Å². The van der Waals surface area contributed by atoms with Gasteiger partial charge in [-0.15, -0.1) is 12.4 Å². The monoisotopic (exact) mass is 248 g/mol. The second kappa shape index (κ2) is 7.52. The van der Waals surface area contributed by atoms with E-state index in [1.165, 1.54) is 45.2 Å². The minimum Gasteiger partial charge on any atom is -0.327 e. The lowest BCUT2D eigenvalue weighted by molar-refractivity contribution is 0.108. The lowest BCUT2D eigenvalue weighted by Crippen LogP contribution is -2.47. The third-order valence-corrected chi connectivity index (χ3v) is 4.35. The van der Waals surface area contributed by atoms with E-state index < -0.39 is 0 Å². The van der Waals surface area contributed by atoms with Crippen LogP contribution >= 0.6 is 12.4 Å². The molecule has 3 heteroatoms. The van der Waals surface area contributed by atoms with Crippen LogP contribution in [0.1, 0.15) is 52.9 Å². The van der Waals surface area contributed by atoms with Gasteiger partial charge in [-0.05, 0) is 44.1 Å². The molecule has 1 fully saturated rings. The fourth-order valence-corrected chi connectivity index (χ4v) is 2.79. The molecule has 0 aromatic carbocycles. The van der Waals surface area contributed by atoms with Crippen molar-refractivity contribution in [2.45, 2.75) is 58.9 Å². The van der Waals surface area contributed by atoms with Crippen molar-refractivity contribution in [3.05, 3.63) is 0 Å². The number of halogens is 1. The number of piperidine rings is 1. The summed E-state index contributed by atoms with van der Waals surface area (Å²) in [6, 6.07) is 0.419. The van der Waals surface area contributed by atoms with Gasteiger partial charge in [0.2, 0.25) is 0 Å². The Bertz CT molecular complexity index is 173. The molecule has 1 saturated heterocycles. The zero-order chi connectivity index (χ0) is 11.3. The van der Waals surface area contributed by atoms with Crippen LogP contribution in [0.15, 0.2) is 0 Å². The number of hydrogen-bond donors (Lipinski definition) is 1. The molecular weight excluding hydrogens is 220 g/mol. The quantitative estimate of drug-likeness (QED) is 0.811. The smallest absolute Gasteiger partial charge is 0.0168 e. The molecule has 0 amide bonds. The minimum atomic E-state index is 0. The highest BCUT2D eigenvalue weighted by atomic mass is 35.5. The first-order valence-electron chi connectivity index (χ1n) is 6.63. The van der Waals surface area contributed by atoms with Crippen molar-refractivity contribution in [1.29, 1.82) is 0 Å². The SMILES string of the molecule is CCC(CC)(CC)CN1CCC[C@@H](N)C1.Cl. The molecule has 1 rings (SSSR count). The molecule has 0 radical (unpaired) electrons. The van der Waals surface area contributed by atoms with E-state index in [1.807, 2.05) is 0 Å². The van der Waals surface area contributed by atoms with Crippen molar-refractivity contribution in [3.8, 4) is 0 Å². The van der Waals surface area contributed by atoms with Gasteiger partial charge >= 0.3 is 0 Å². The van der Waals surface area contributed by atoms with Crippen LogP contribution in [0.4, 0.5) is 0 Å². The van der Waals surface area contributed by atoms with Crippen LogP contribution in [-0.4, -0.2) is 30.6 Å². The summed E-state index contributed by atoms with van der Waals surface area (Å²) in [5, 5.41) is 0. The second-order valence-electron chi connectivity index (χ2n) is 5.20. The van der Waals surface area contributed by atoms with Crippen molar-refractivity contribution in [3.63, 3.8) is 0 Å². The Kier molecular flexibility index (Phi) is 7.62. The van der Waals surface area contributed by atoms with Crippen molar-refractivity contribution in [2.24, 2.45) is 11.1 Å². The van der Waals surface area contributed by atoms with Gasteiger partial charge in [-0.3, -0.25) is 0 Å². The van der Waals surface area contributed by atoms with Gasteiger partial charge in [0.1, 0.15) is 0 Å². The number of nitrogens with two attached hydrogens (primary N) is 1. The Balaban J connectivity index is 0.00000225. The summed E-state index contributed by atoms with van der Waals surface area (Å²) in [6.45, 7) is 10.6. The third kappa shape index (κ3) is 4.23. The minimum absolute atomic E-state index is 0. The molecule has 0 aromatic rings. The van der Waals surface area contributed by atoms with Crippen LogP contribution in [0.3, 0.4) is 0 Å². The lowest BCUT2D eigenvalue weighted by atomic mass is 9.79. The maximum atomic E-state index is 6.03. The van der Waals surface area contributed by atoms with E-state index in [0.717, 1.165) is 6.54 Å². The average molecular weight is 249 g/mol. The molecule has 2 nitrogen and oxygen atoms in total. The highest BCUT2D eigenvalue weighted by Crippen LogP contribution is 2.32. The van der Waals surface area contributed by atoms with Crippen molar-refractivity contribution < 1.29 is 0 Å². The molecule has 1 heterocycles. The predicted octanol–water partition coefficient (Wildman–Crippen LogP) is 3.05. The van der Waals surface area contributed by atoms with E-state index in [9.17, 15) is 0 Å². The van der Waals surface area contributed by atoms with Crippen LogP contribution < -0.4 is 5.73 Å². The molecule has 0 bridgehead atoms. The molecule has 2 N–H and O–H groups in total. The molecule has 1 aliphatic heterocycles. The van der Waals surface area contributed by atoms with Crippen molar-refractivity contribution >= 4 is 12.4 Å². The van der Waals surface area contributed by atoms with Gasteiger partial charge in [0.15, 0.2) is 0 Å². The summed E-state index contributed by atoms with van der Waals surface area (Å²) in [5.41, 5.74) is 6.57. The van der Waals surface area contributed by atoms with E-state index in [2.05, 4.69) is 25.7 Å². The first-order chi connectivity index (χ1) is 7.15. The van der Waals surface area contributed by atoms with Crippen molar-refractivity contribution in [1.82, 2.24) is 4.90 Å². The first-order valence-corrected chi connectivity index (χ1v) is 6.63. The summed E-state index contributed by atoms with van der Waals surface area (Å²) in [7, 11) is 0. The van der Waals surface area contributed by atoms with Crippen LogP contribution in [0.2, 0.25) is 0 Å². The Morgan fingerprint density at radius 2 is 1.75 bits per heavy atom. The Morgan fingerprint density at radius 1 is 1.19 bits per heavy atom. The average Bonchev–Trinajstić information content (AvgIpc) is 2.26. The topological polar surface area (TPSA) is 29.3 Å². The molecule has 16 heavy (non-hydrogen) atoms. The third-order valence-electron chi connectivity index (χ3n) is 4.35. The van der Waals surface area contributed by atoms with Crippen LogP contribution in [0.5, 0.6) is 0 Å². The highest BCUT2D eigenvalue weighted by molar-refractivity contribution is 5.85. The summed E-state index contributed by atoms with van der Waals surface area (Å²) >= 11 is 0. The van der Waals surface area contributed by atoms with Crippen LogP contribution in [-0.2, 0) is 0 Å². The van der Waals surface area contributed by atoms with E-state index >= 15 is 0 Å². The summed E-state index contributed by atoms with van der Waals surface area (Å²) < 4.78 is 0. The lowest BCUT2D eigenvalue weighted by Gasteiger charge is -2.39. The van der Waals surface area contributed by atoms with Gasteiger partial charge in [0.25, 0.3) is 0 Å². The fraction of sp³-hybridized carbons (Fsp3) is 1.00. The maximum Gasteiger partial charge on any atom is 0.0168 e. The zero-order valence-corrected chi connectivity index (χ0v) is 12.0. The van der Waals surface area contributed by atoms with Gasteiger partial charge < -0.3 is 10.6 Å². The molecular formula is C13H29ClN2. The predicted molar refractivity (Wildman–Crippen MR) is 74.2 cm³/mol. The Labute approximate surface area is 107 Å². The fourth-order valence-electron chi connectivity index (χ4n) is 2.79. The summed E-state index contributed by atoms with van der Waals surface area (Å²) in [6.07, 6.45) is 6.39. The summed E-state index contributed by atoms with van der Waals surface area (Å²) in [5.74, 6) is 0. The van der Waals surface area contributed by atoms with Crippen molar-refractivity contribution in [2.75, 3.05) is 19.6 Å². The molecule has 0 aromatic heterocycles. The number of hydrogen-bond acceptors (Lipinski definition) is 2. The second-order valence-corrected chi connectivity index (χ2v) is 5.20. The molecule has 0 unspecified atom stereocenters. The zero-order valence-electron chi connectivity index (χ0n) is 11.2. The number of likely N-dealkylation sites (tertiary alicyclic amines) is 1. The molecule has 1 aliphatic rings.